The number of nitrogens with zero attached hydrogens (tertiary/aromatic N) is 8. The number of aromatic nitrogens is 7. The molecule has 2 amide bonds. The summed E-state index contributed by atoms with van der Waals surface area (Å²) < 4.78 is 3.91. The van der Waals surface area contributed by atoms with Crippen LogP contribution in [0, 0.1) is 5.92 Å². The fourth-order valence-electron chi connectivity index (χ4n) is 5.27. The van der Waals surface area contributed by atoms with Crippen molar-refractivity contribution in [1.82, 2.24) is 39.6 Å². The molecule has 0 spiro atoms. The lowest BCUT2D eigenvalue weighted by atomic mass is 9.95. The van der Waals surface area contributed by atoms with Gasteiger partial charge in [0.05, 0.1) is 29.6 Å². The summed E-state index contributed by atoms with van der Waals surface area (Å²) in [4.78, 5) is 41.6. The van der Waals surface area contributed by atoms with E-state index in [1.54, 1.807) is 38.0 Å². The summed E-state index contributed by atoms with van der Waals surface area (Å²) in [6, 6.07) is 7.37. The van der Waals surface area contributed by atoms with Crippen LogP contribution >= 0.6 is 0 Å². The Morgan fingerprint density at radius 1 is 1.02 bits per heavy atom. The van der Waals surface area contributed by atoms with Crippen LogP contribution in [0.3, 0.4) is 0 Å². The quantitative estimate of drug-likeness (QED) is 0.337. The molecule has 1 aliphatic heterocycles. The van der Waals surface area contributed by atoms with Gasteiger partial charge < -0.3 is 24.7 Å². The molecule has 0 unspecified atom stereocenters. The van der Waals surface area contributed by atoms with E-state index < -0.39 is 0 Å². The van der Waals surface area contributed by atoms with Gasteiger partial charge in [0.1, 0.15) is 23.5 Å². The monoisotopic (exact) mass is 554 g/mol. The first-order valence-electron chi connectivity index (χ1n) is 14.1. The number of imidazole rings is 1. The van der Waals surface area contributed by atoms with Crippen molar-refractivity contribution in [2.45, 2.75) is 51.5 Å². The minimum atomic E-state index is -0.367. The number of rotatable bonds is 8. The van der Waals surface area contributed by atoms with E-state index in [9.17, 15) is 9.59 Å². The molecular formula is C29H34N10O2. The van der Waals surface area contributed by atoms with Crippen molar-refractivity contribution in [3.63, 3.8) is 0 Å². The third kappa shape index (κ3) is 5.54. The maximum absolute atomic E-state index is 13.4. The van der Waals surface area contributed by atoms with E-state index in [-0.39, 0.29) is 29.5 Å². The number of hydrogen-bond acceptors (Lipinski definition) is 8. The van der Waals surface area contributed by atoms with Crippen molar-refractivity contribution in [1.29, 1.82) is 0 Å². The van der Waals surface area contributed by atoms with E-state index in [4.69, 9.17) is 0 Å². The highest BCUT2D eigenvalue weighted by Crippen LogP contribution is 2.39. The number of piperidine rings is 1. The third-order valence-electron chi connectivity index (χ3n) is 7.77. The van der Waals surface area contributed by atoms with Crippen molar-refractivity contribution in [3.05, 3.63) is 60.7 Å². The van der Waals surface area contributed by atoms with Gasteiger partial charge in [-0.25, -0.2) is 15.0 Å². The summed E-state index contributed by atoms with van der Waals surface area (Å²) in [6.45, 7) is 5.53. The van der Waals surface area contributed by atoms with Gasteiger partial charge in [0.2, 0.25) is 5.91 Å². The van der Waals surface area contributed by atoms with Crippen LogP contribution in [0.15, 0.2) is 49.3 Å². The Morgan fingerprint density at radius 2 is 1.83 bits per heavy atom. The summed E-state index contributed by atoms with van der Waals surface area (Å²) >= 11 is 0. The maximum Gasteiger partial charge on any atom is 0.275 e. The second-order valence-electron chi connectivity index (χ2n) is 10.9. The highest BCUT2D eigenvalue weighted by Gasteiger charge is 2.28. The minimum Gasteiger partial charge on any atom is -0.369 e. The molecule has 1 aliphatic carbocycles. The second kappa shape index (κ2) is 11.1. The molecule has 2 fully saturated rings. The summed E-state index contributed by atoms with van der Waals surface area (Å²) in [6.07, 6.45) is 11.1. The molecular weight excluding hydrogens is 520 g/mol. The van der Waals surface area contributed by atoms with E-state index in [0.29, 0.717) is 23.3 Å². The molecule has 0 bridgehead atoms. The average Bonchev–Trinajstić information content (AvgIpc) is 3.50. The van der Waals surface area contributed by atoms with Crippen LogP contribution < -0.4 is 15.5 Å². The molecule has 2 aliphatic rings. The Kier molecular flexibility index (Phi) is 7.21. The van der Waals surface area contributed by atoms with Crippen LogP contribution in [0.1, 0.15) is 67.7 Å². The Bertz CT molecular complexity index is 1560. The van der Waals surface area contributed by atoms with E-state index in [1.165, 1.54) is 0 Å². The van der Waals surface area contributed by atoms with Crippen LogP contribution in [0.25, 0.3) is 17.2 Å². The van der Waals surface area contributed by atoms with Crippen LogP contribution in [0.4, 0.5) is 11.5 Å². The lowest BCUT2D eigenvalue weighted by Gasteiger charge is -2.33. The third-order valence-corrected chi connectivity index (χ3v) is 7.77. The molecule has 5 heterocycles. The number of anilines is 2. The number of pyridine rings is 2. The molecule has 0 atom stereocenters. The van der Waals surface area contributed by atoms with E-state index in [1.807, 2.05) is 41.3 Å². The average molecular weight is 555 g/mol. The minimum absolute atomic E-state index is 0.00469. The molecule has 2 N–H and O–H groups in total. The molecule has 12 heteroatoms. The smallest absolute Gasteiger partial charge is 0.275 e. The van der Waals surface area contributed by atoms with Gasteiger partial charge in [-0.1, -0.05) is 6.07 Å². The van der Waals surface area contributed by atoms with Gasteiger partial charge in [-0.15, -0.1) is 10.2 Å². The predicted octanol–water partition coefficient (Wildman–Crippen LogP) is 3.59. The maximum atomic E-state index is 13.4. The van der Waals surface area contributed by atoms with Gasteiger partial charge in [-0.05, 0) is 57.7 Å². The number of carbonyl (C=O) groups is 2. The van der Waals surface area contributed by atoms with Crippen LogP contribution in [-0.4, -0.2) is 66.2 Å². The Morgan fingerprint density at radius 3 is 2.56 bits per heavy atom. The number of hydrogen-bond donors (Lipinski definition) is 2. The number of amides is 2. The first-order chi connectivity index (χ1) is 19.9. The predicted molar refractivity (Wildman–Crippen MR) is 154 cm³/mol. The molecule has 12 nitrogen and oxygen atoms in total. The first-order valence-corrected chi connectivity index (χ1v) is 14.1. The lowest BCUT2D eigenvalue weighted by Crippen LogP contribution is -2.40. The summed E-state index contributed by atoms with van der Waals surface area (Å²) in [5, 5.41) is 13.9. The van der Waals surface area contributed by atoms with Crippen molar-refractivity contribution in [2.75, 3.05) is 30.4 Å². The Balaban J connectivity index is 1.27. The molecule has 41 heavy (non-hydrogen) atoms. The molecule has 212 valence electrons. The zero-order valence-corrected chi connectivity index (χ0v) is 23.5. The largest absolute Gasteiger partial charge is 0.369 e. The summed E-state index contributed by atoms with van der Waals surface area (Å²) in [7, 11) is 1.68. The van der Waals surface area contributed by atoms with Gasteiger partial charge in [0, 0.05) is 44.2 Å². The molecule has 1 saturated heterocycles. The number of nitrogens with one attached hydrogen (secondary N) is 2. The van der Waals surface area contributed by atoms with Gasteiger partial charge in [-0.2, -0.15) is 0 Å². The topological polar surface area (TPSA) is 136 Å². The SMILES string of the molecule is CNC(=O)C1CCN(c2cnc(C(=O)Nc3cccc(-c4nncn4C(C)C)n3)cc2-n2cnc(C3CC3)c2)CC1. The van der Waals surface area contributed by atoms with Gasteiger partial charge >= 0.3 is 0 Å². The van der Waals surface area contributed by atoms with Crippen molar-refractivity contribution in [2.24, 2.45) is 5.92 Å². The van der Waals surface area contributed by atoms with Gasteiger partial charge in [0.25, 0.3) is 5.91 Å². The summed E-state index contributed by atoms with van der Waals surface area (Å²) in [5.41, 5.74) is 3.68. The molecule has 4 aromatic rings. The van der Waals surface area contributed by atoms with Gasteiger partial charge in [0.15, 0.2) is 5.82 Å². The van der Waals surface area contributed by atoms with E-state index >= 15 is 0 Å². The normalized spacial score (nSPS) is 15.8. The Hall–Kier alpha value is -4.61. The fraction of sp³-hybridized carbons (Fsp3) is 0.414. The zero-order valence-electron chi connectivity index (χ0n) is 23.5. The first kappa shape index (κ1) is 26.6. The standard InChI is InChI=1S/C29H34N10O2/c1-18(2)39-17-33-36-27(39)21-5-4-6-26(34-21)35-29(41)22-13-24(38-15-23(32-16-38)19-7-8-19)25(14-31-22)37-11-9-20(10-12-37)28(40)30-3/h4-6,13-20H,7-12H2,1-3H3,(H,30,40)(H,34,35,41). The van der Waals surface area contributed by atoms with Crippen molar-refractivity contribution in [3.8, 4) is 17.2 Å². The zero-order chi connectivity index (χ0) is 28.5. The van der Waals surface area contributed by atoms with Crippen molar-refractivity contribution >= 4 is 23.3 Å². The van der Waals surface area contributed by atoms with Crippen LogP contribution in [0.5, 0.6) is 0 Å². The van der Waals surface area contributed by atoms with Crippen molar-refractivity contribution < 1.29 is 9.59 Å². The number of carbonyl (C=O) groups excluding carboxylic acids is 2. The molecule has 4 aromatic heterocycles. The second-order valence-corrected chi connectivity index (χ2v) is 10.9. The van der Waals surface area contributed by atoms with E-state index in [2.05, 4.69) is 40.7 Å². The highest BCUT2D eigenvalue weighted by atomic mass is 16.2. The Labute approximate surface area is 238 Å². The molecule has 0 radical (unpaired) electrons. The van der Waals surface area contributed by atoms with Crippen LogP contribution in [0.2, 0.25) is 0 Å². The van der Waals surface area contributed by atoms with Crippen LogP contribution in [-0.2, 0) is 4.79 Å². The summed E-state index contributed by atoms with van der Waals surface area (Å²) in [5.74, 6) is 1.26. The van der Waals surface area contributed by atoms with E-state index in [0.717, 1.165) is 55.8 Å². The molecule has 6 rings (SSSR count). The molecule has 1 saturated carbocycles. The lowest BCUT2D eigenvalue weighted by molar-refractivity contribution is -0.125. The fourth-order valence-corrected chi connectivity index (χ4v) is 5.27. The highest BCUT2D eigenvalue weighted by molar-refractivity contribution is 6.03. The van der Waals surface area contributed by atoms with Gasteiger partial charge in [-0.3, -0.25) is 9.59 Å². The molecule has 0 aromatic carbocycles.